The zero-order valence-electron chi connectivity index (χ0n) is 22.4. The molecule has 1 fully saturated rings. The lowest BCUT2D eigenvalue weighted by Crippen LogP contribution is -2.52. The zero-order chi connectivity index (χ0) is 28.9. The minimum Gasteiger partial charge on any atom is -0.352 e. The Hall–Kier alpha value is -4.01. The molecule has 3 aromatic carbocycles. The Bertz CT molecular complexity index is 1510. The Kier molecular flexibility index (Phi) is 8.81. The van der Waals surface area contributed by atoms with Crippen molar-refractivity contribution in [2.45, 2.75) is 13.0 Å². The second-order valence-corrected chi connectivity index (χ2v) is 10.6. The maximum atomic E-state index is 13.5. The molecule has 1 aliphatic rings. The van der Waals surface area contributed by atoms with Crippen LogP contribution in [0.15, 0.2) is 84.9 Å². The summed E-state index contributed by atoms with van der Waals surface area (Å²) < 4.78 is 13.5. The van der Waals surface area contributed by atoms with E-state index < -0.39 is 5.82 Å². The number of piperazine rings is 1. The zero-order valence-corrected chi connectivity index (χ0v) is 23.9. The molecule has 5 rings (SSSR count). The van der Waals surface area contributed by atoms with Gasteiger partial charge in [0.25, 0.3) is 5.91 Å². The highest BCUT2D eigenvalue weighted by Gasteiger charge is 2.29. The number of carbonyl (C=O) groups is 2. The van der Waals surface area contributed by atoms with Crippen LogP contribution in [0.4, 0.5) is 10.2 Å². The number of halogens is 3. The van der Waals surface area contributed by atoms with E-state index in [9.17, 15) is 14.0 Å². The average molecular weight is 593 g/mol. The van der Waals surface area contributed by atoms with Gasteiger partial charge in [0.2, 0.25) is 5.91 Å². The van der Waals surface area contributed by atoms with Crippen LogP contribution < -0.4 is 4.90 Å². The number of nitrogens with zero attached hydrogens (tertiary/aromatic N) is 5. The molecule has 0 bridgehead atoms. The maximum absolute atomic E-state index is 13.5. The Labute approximate surface area is 248 Å². The van der Waals surface area contributed by atoms with Crippen LogP contribution in [-0.2, 0) is 4.79 Å². The molecular formula is C31H28Cl2FN5O2. The molecule has 1 atom stereocenters. The summed E-state index contributed by atoms with van der Waals surface area (Å²) in [5.41, 5.74) is 2.62. The van der Waals surface area contributed by atoms with Gasteiger partial charge in [0.05, 0.1) is 16.8 Å². The van der Waals surface area contributed by atoms with Crippen molar-refractivity contribution >= 4 is 40.8 Å². The fourth-order valence-corrected chi connectivity index (χ4v) is 5.33. The summed E-state index contributed by atoms with van der Waals surface area (Å²) in [5, 5.41) is 9.77. The molecule has 0 N–H and O–H groups in total. The molecule has 0 radical (unpaired) electrons. The Balaban J connectivity index is 1.25. The SMILES string of the molecule is CC(c1ccccc1)N(CC(=O)N1CCN(c2ccc(-c3ccc(Cl)cc3Cl)nn2)CC1)C(=O)c1ccc(F)cc1. The van der Waals surface area contributed by atoms with E-state index in [4.69, 9.17) is 23.2 Å². The third kappa shape index (κ3) is 6.66. The molecule has 0 spiro atoms. The molecule has 2 heterocycles. The topological polar surface area (TPSA) is 69.6 Å². The summed E-state index contributed by atoms with van der Waals surface area (Å²) >= 11 is 12.3. The molecule has 1 aliphatic heterocycles. The number of carbonyl (C=O) groups excluding carboxylic acids is 2. The van der Waals surface area contributed by atoms with E-state index in [1.54, 1.807) is 21.9 Å². The van der Waals surface area contributed by atoms with Gasteiger partial charge in [0.1, 0.15) is 12.4 Å². The van der Waals surface area contributed by atoms with E-state index in [1.165, 1.54) is 24.3 Å². The Morgan fingerprint density at radius 3 is 2.24 bits per heavy atom. The summed E-state index contributed by atoms with van der Waals surface area (Å²) in [5.74, 6) is -0.200. The first-order valence-electron chi connectivity index (χ1n) is 13.2. The van der Waals surface area contributed by atoms with Crippen LogP contribution in [0.5, 0.6) is 0 Å². The highest BCUT2D eigenvalue weighted by molar-refractivity contribution is 6.36. The lowest BCUT2D eigenvalue weighted by Gasteiger charge is -2.37. The first kappa shape index (κ1) is 28.5. The molecule has 4 aromatic rings. The van der Waals surface area contributed by atoms with Crippen molar-refractivity contribution in [3.05, 3.63) is 112 Å². The predicted octanol–water partition coefficient (Wildman–Crippen LogP) is 6.14. The van der Waals surface area contributed by atoms with Crippen molar-refractivity contribution in [1.82, 2.24) is 20.0 Å². The van der Waals surface area contributed by atoms with Crippen LogP contribution in [0, 0.1) is 5.82 Å². The summed E-state index contributed by atoms with van der Waals surface area (Å²) in [6.45, 7) is 3.89. The smallest absolute Gasteiger partial charge is 0.254 e. The molecule has 0 aliphatic carbocycles. The van der Waals surface area contributed by atoms with E-state index in [-0.39, 0.29) is 24.4 Å². The molecule has 1 aromatic heterocycles. The number of amides is 2. The standard InChI is InChI=1S/C31H28Cl2FN5O2/c1-21(22-5-3-2-4-6-22)39(31(41)23-7-10-25(34)11-8-23)20-30(40)38-17-15-37(16-18-38)29-14-13-28(35-36-29)26-12-9-24(32)19-27(26)33/h2-14,19,21H,15-18,20H2,1H3. The van der Waals surface area contributed by atoms with Gasteiger partial charge in [-0.25, -0.2) is 4.39 Å². The lowest BCUT2D eigenvalue weighted by molar-refractivity contribution is -0.132. The Morgan fingerprint density at radius 1 is 0.902 bits per heavy atom. The molecule has 10 heteroatoms. The molecule has 0 saturated carbocycles. The summed E-state index contributed by atoms with van der Waals surface area (Å²) in [6, 6.07) is 23.5. The molecule has 210 valence electrons. The number of benzene rings is 3. The predicted molar refractivity (Wildman–Crippen MR) is 159 cm³/mol. The van der Waals surface area contributed by atoms with Gasteiger partial charge in [0, 0.05) is 42.3 Å². The van der Waals surface area contributed by atoms with Gasteiger partial charge in [0.15, 0.2) is 5.82 Å². The minimum absolute atomic E-state index is 0.0946. The van der Waals surface area contributed by atoms with E-state index in [0.29, 0.717) is 53.3 Å². The molecule has 2 amide bonds. The van der Waals surface area contributed by atoms with Gasteiger partial charge < -0.3 is 14.7 Å². The van der Waals surface area contributed by atoms with Gasteiger partial charge in [-0.15, -0.1) is 10.2 Å². The summed E-state index contributed by atoms with van der Waals surface area (Å²) in [4.78, 5) is 32.3. The van der Waals surface area contributed by atoms with Crippen LogP contribution in [0.2, 0.25) is 10.0 Å². The van der Waals surface area contributed by atoms with Crippen molar-refractivity contribution in [2.75, 3.05) is 37.6 Å². The van der Waals surface area contributed by atoms with Crippen molar-refractivity contribution in [1.29, 1.82) is 0 Å². The van der Waals surface area contributed by atoms with Crippen molar-refractivity contribution in [3.8, 4) is 11.3 Å². The van der Waals surface area contributed by atoms with Gasteiger partial charge in [-0.2, -0.15) is 0 Å². The first-order chi connectivity index (χ1) is 19.8. The number of anilines is 1. The largest absolute Gasteiger partial charge is 0.352 e. The maximum Gasteiger partial charge on any atom is 0.254 e. The molecule has 41 heavy (non-hydrogen) atoms. The fourth-order valence-electron chi connectivity index (χ4n) is 4.82. The molecule has 7 nitrogen and oxygen atoms in total. The van der Waals surface area contributed by atoms with Gasteiger partial charge in [-0.3, -0.25) is 9.59 Å². The van der Waals surface area contributed by atoms with Gasteiger partial charge in [-0.05, 0) is 67.1 Å². The van der Waals surface area contributed by atoms with Crippen LogP contribution in [0.3, 0.4) is 0 Å². The third-order valence-electron chi connectivity index (χ3n) is 7.22. The normalized spacial score (nSPS) is 14.0. The molecule has 1 unspecified atom stereocenters. The van der Waals surface area contributed by atoms with E-state index in [0.717, 1.165) is 11.1 Å². The highest BCUT2D eigenvalue weighted by Crippen LogP contribution is 2.29. The van der Waals surface area contributed by atoms with E-state index in [1.807, 2.05) is 55.5 Å². The lowest BCUT2D eigenvalue weighted by atomic mass is 10.1. The van der Waals surface area contributed by atoms with Gasteiger partial charge in [-0.1, -0.05) is 53.5 Å². The van der Waals surface area contributed by atoms with Crippen molar-refractivity contribution in [3.63, 3.8) is 0 Å². The van der Waals surface area contributed by atoms with Crippen molar-refractivity contribution < 1.29 is 14.0 Å². The minimum atomic E-state index is -0.425. The van der Waals surface area contributed by atoms with Crippen LogP contribution in [0.1, 0.15) is 28.9 Å². The number of rotatable bonds is 7. The van der Waals surface area contributed by atoms with Crippen molar-refractivity contribution in [2.24, 2.45) is 0 Å². The van der Waals surface area contributed by atoms with E-state index in [2.05, 4.69) is 15.1 Å². The van der Waals surface area contributed by atoms with Crippen LogP contribution in [0.25, 0.3) is 11.3 Å². The highest BCUT2D eigenvalue weighted by atomic mass is 35.5. The third-order valence-corrected chi connectivity index (χ3v) is 7.77. The van der Waals surface area contributed by atoms with Crippen LogP contribution >= 0.6 is 23.2 Å². The first-order valence-corrected chi connectivity index (χ1v) is 14.0. The second-order valence-electron chi connectivity index (χ2n) is 9.80. The number of aromatic nitrogens is 2. The number of hydrogen-bond acceptors (Lipinski definition) is 5. The van der Waals surface area contributed by atoms with Crippen LogP contribution in [-0.4, -0.2) is 64.5 Å². The van der Waals surface area contributed by atoms with E-state index >= 15 is 0 Å². The summed E-state index contributed by atoms with van der Waals surface area (Å²) in [6.07, 6.45) is 0. The fraction of sp³-hybridized carbons (Fsp3) is 0.226. The average Bonchev–Trinajstić information content (AvgIpc) is 3.00. The molecule has 1 saturated heterocycles. The quantitative estimate of drug-likeness (QED) is 0.258. The second kappa shape index (κ2) is 12.7. The Morgan fingerprint density at radius 2 is 1.61 bits per heavy atom. The molecular weight excluding hydrogens is 564 g/mol. The monoisotopic (exact) mass is 591 g/mol. The van der Waals surface area contributed by atoms with Gasteiger partial charge >= 0.3 is 0 Å². The number of hydrogen-bond donors (Lipinski definition) is 0. The summed E-state index contributed by atoms with van der Waals surface area (Å²) in [7, 11) is 0.